The zero-order valence-electron chi connectivity index (χ0n) is 10.9. The van der Waals surface area contributed by atoms with Crippen LogP contribution in [0.25, 0.3) is 0 Å². The number of aryl methyl sites for hydroxylation is 2. The highest BCUT2D eigenvalue weighted by molar-refractivity contribution is 7.99. The van der Waals surface area contributed by atoms with Crippen molar-refractivity contribution in [2.75, 3.05) is 0 Å². The summed E-state index contributed by atoms with van der Waals surface area (Å²) in [5.74, 6) is 0. The van der Waals surface area contributed by atoms with Crippen LogP contribution in [0.1, 0.15) is 18.1 Å². The normalized spacial score (nSPS) is 10.4. The largest absolute Gasteiger partial charge is 0.269 e. The van der Waals surface area contributed by atoms with Crippen molar-refractivity contribution < 1.29 is 4.92 Å². The minimum absolute atomic E-state index is 0.127. The monoisotopic (exact) mass is 273 g/mol. The first kappa shape index (κ1) is 13.6. The Hall–Kier alpha value is -1.81. The van der Waals surface area contributed by atoms with Crippen molar-refractivity contribution in [2.45, 2.75) is 30.1 Å². The van der Waals surface area contributed by atoms with Crippen molar-refractivity contribution >= 4 is 17.4 Å². The molecule has 0 bridgehead atoms. The van der Waals surface area contributed by atoms with Crippen molar-refractivity contribution in [1.29, 1.82) is 0 Å². The van der Waals surface area contributed by atoms with E-state index in [-0.39, 0.29) is 10.6 Å². The SMILES string of the molecule is CCc1ccc(Sc2ccc([N+](=O)[O-])cc2)cc1C. The smallest absolute Gasteiger partial charge is 0.258 e. The van der Waals surface area contributed by atoms with Crippen LogP contribution in [0, 0.1) is 17.0 Å². The minimum Gasteiger partial charge on any atom is -0.258 e. The topological polar surface area (TPSA) is 43.1 Å². The van der Waals surface area contributed by atoms with Crippen LogP contribution in [0.3, 0.4) is 0 Å². The highest BCUT2D eigenvalue weighted by atomic mass is 32.2. The molecule has 4 heteroatoms. The van der Waals surface area contributed by atoms with Gasteiger partial charge in [-0.3, -0.25) is 10.1 Å². The molecule has 2 aromatic rings. The number of nitro benzene ring substituents is 1. The summed E-state index contributed by atoms with van der Waals surface area (Å²) >= 11 is 1.62. The summed E-state index contributed by atoms with van der Waals surface area (Å²) in [6.07, 6.45) is 1.04. The average molecular weight is 273 g/mol. The van der Waals surface area contributed by atoms with Crippen molar-refractivity contribution in [1.82, 2.24) is 0 Å². The zero-order chi connectivity index (χ0) is 13.8. The molecule has 0 amide bonds. The summed E-state index contributed by atoms with van der Waals surface area (Å²) in [6.45, 7) is 4.25. The first-order valence-electron chi connectivity index (χ1n) is 6.12. The fourth-order valence-corrected chi connectivity index (χ4v) is 2.82. The lowest BCUT2D eigenvalue weighted by atomic mass is 10.1. The summed E-state index contributed by atoms with van der Waals surface area (Å²) in [4.78, 5) is 12.4. The van der Waals surface area contributed by atoms with E-state index in [0.29, 0.717) is 0 Å². The molecule has 0 radical (unpaired) electrons. The maximum atomic E-state index is 10.6. The Morgan fingerprint density at radius 2 is 1.74 bits per heavy atom. The summed E-state index contributed by atoms with van der Waals surface area (Å²) in [5, 5.41) is 10.6. The summed E-state index contributed by atoms with van der Waals surface area (Å²) in [7, 11) is 0. The molecule has 98 valence electrons. The number of nitrogens with zero attached hydrogens (tertiary/aromatic N) is 1. The Balaban J connectivity index is 2.16. The molecule has 0 aliphatic carbocycles. The first-order valence-corrected chi connectivity index (χ1v) is 6.93. The van der Waals surface area contributed by atoms with E-state index in [0.717, 1.165) is 16.2 Å². The van der Waals surface area contributed by atoms with Crippen molar-refractivity contribution in [3.05, 3.63) is 63.7 Å². The second kappa shape index (κ2) is 5.89. The van der Waals surface area contributed by atoms with E-state index in [1.165, 1.54) is 23.3 Å². The van der Waals surface area contributed by atoms with Gasteiger partial charge in [-0.15, -0.1) is 0 Å². The van der Waals surface area contributed by atoms with Gasteiger partial charge in [-0.1, -0.05) is 24.8 Å². The molecule has 19 heavy (non-hydrogen) atoms. The maximum Gasteiger partial charge on any atom is 0.269 e. The molecule has 0 saturated carbocycles. The third-order valence-electron chi connectivity index (χ3n) is 2.98. The van der Waals surface area contributed by atoms with Gasteiger partial charge >= 0.3 is 0 Å². The summed E-state index contributed by atoms with van der Waals surface area (Å²) in [6, 6.07) is 13.0. The second-order valence-electron chi connectivity index (χ2n) is 4.29. The lowest BCUT2D eigenvalue weighted by Crippen LogP contribution is -1.87. The molecule has 0 aliphatic heterocycles. The van der Waals surface area contributed by atoms with Gasteiger partial charge in [0, 0.05) is 21.9 Å². The van der Waals surface area contributed by atoms with E-state index >= 15 is 0 Å². The van der Waals surface area contributed by atoms with E-state index in [4.69, 9.17) is 0 Å². The van der Waals surface area contributed by atoms with E-state index in [1.807, 2.05) is 0 Å². The van der Waals surface area contributed by atoms with Crippen LogP contribution >= 0.6 is 11.8 Å². The number of rotatable bonds is 4. The van der Waals surface area contributed by atoms with Crippen molar-refractivity contribution in [3.63, 3.8) is 0 Å². The molecule has 0 saturated heterocycles. The lowest BCUT2D eigenvalue weighted by molar-refractivity contribution is -0.384. The number of benzene rings is 2. The minimum atomic E-state index is -0.380. The van der Waals surface area contributed by atoms with Gasteiger partial charge in [0.1, 0.15) is 0 Å². The fraction of sp³-hybridized carbons (Fsp3) is 0.200. The van der Waals surface area contributed by atoms with E-state index in [2.05, 4.69) is 32.0 Å². The van der Waals surface area contributed by atoms with Crippen LogP contribution in [0.2, 0.25) is 0 Å². The van der Waals surface area contributed by atoms with Crippen LogP contribution in [-0.4, -0.2) is 4.92 Å². The predicted molar refractivity (Wildman–Crippen MR) is 77.8 cm³/mol. The molecular formula is C15H15NO2S. The third kappa shape index (κ3) is 3.35. The predicted octanol–water partition coefficient (Wildman–Crippen LogP) is 4.62. The van der Waals surface area contributed by atoms with E-state index in [9.17, 15) is 10.1 Å². The van der Waals surface area contributed by atoms with Crippen LogP contribution in [0.5, 0.6) is 0 Å². The Morgan fingerprint density at radius 1 is 1.11 bits per heavy atom. The molecule has 0 unspecified atom stereocenters. The Bertz CT molecular complexity index is 594. The van der Waals surface area contributed by atoms with Crippen LogP contribution in [0.15, 0.2) is 52.3 Å². The van der Waals surface area contributed by atoms with Gasteiger partial charge in [0.25, 0.3) is 5.69 Å². The Kier molecular flexibility index (Phi) is 4.22. The van der Waals surface area contributed by atoms with Crippen molar-refractivity contribution in [3.8, 4) is 0 Å². The van der Waals surface area contributed by atoms with Gasteiger partial charge in [0.15, 0.2) is 0 Å². The Labute approximate surface area is 116 Å². The first-order chi connectivity index (χ1) is 9.10. The number of non-ortho nitro benzene ring substituents is 1. The van der Waals surface area contributed by atoms with Gasteiger partial charge in [0.05, 0.1) is 4.92 Å². The molecule has 3 nitrogen and oxygen atoms in total. The highest BCUT2D eigenvalue weighted by Gasteiger charge is 2.05. The van der Waals surface area contributed by atoms with Crippen LogP contribution < -0.4 is 0 Å². The van der Waals surface area contributed by atoms with Crippen LogP contribution in [-0.2, 0) is 6.42 Å². The maximum absolute atomic E-state index is 10.6. The summed E-state index contributed by atoms with van der Waals surface area (Å²) in [5.41, 5.74) is 2.77. The number of nitro groups is 1. The average Bonchev–Trinajstić information content (AvgIpc) is 2.39. The third-order valence-corrected chi connectivity index (χ3v) is 3.98. The molecule has 0 heterocycles. The summed E-state index contributed by atoms with van der Waals surface area (Å²) < 4.78 is 0. The molecule has 0 aliphatic rings. The zero-order valence-corrected chi connectivity index (χ0v) is 11.7. The molecule has 0 fully saturated rings. The van der Waals surface area contributed by atoms with Crippen molar-refractivity contribution in [2.24, 2.45) is 0 Å². The van der Waals surface area contributed by atoms with Gasteiger partial charge in [-0.2, -0.15) is 0 Å². The van der Waals surface area contributed by atoms with E-state index in [1.54, 1.807) is 23.9 Å². The fourth-order valence-electron chi connectivity index (χ4n) is 1.90. The Morgan fingerprint density at radius 3 is 2.26 bits per heavy atom. The molecule has 0 spiro atoms. The number of hydrogen-bond donors (Lipinski definition) is 0. The molecule has 0 atom stereocenters. The van der Waals surface area contributed by atoms with Gasteiger partial charge in [-0.25, -0.2) is 0 Å². The van der Waals surface area contributed by atoms with Gasteiger partial charge < -0.3 is 0 Å². The molecule has 2 rings (SSSR count). The van der Waals surface area contributed by atoms with Gasteiger partial charge in [0.2, 0.25) is 0 Å². The number of hydrogen-bond acceptors (Lipinski definition) is 3. The molecule has 0 aromatic heterocycles. The standard InChI is InChI=1S/C15H15NO2S/c1-3-12-4-7-15(10-11(12)2)19-14-8-5-13(6-9-14)16(17)18/h4-10H,3H2,1-2H3. The molecule has 2 aromatic carbocycles. The quantitative estimate of drug-likeness (QED) is 0.603. The second-order valence-corrected chi connectivity index (χ2v) is 5.44. The molecule has 0 N–H and O–H groups in total. The lowest BCUT2D eigenvalue weighted by Gasteiger charge is -2.06. The van der Waals surface area contributed by atoms with E-state index < -0.39 is 0 Å². The van der Waals surface area contributed by atoms with Crippen LogP contribution in [0.4, 0.5) is 5.69 Å². The highest BCUT2D eigenvalue weighted by Crippen LogP contribution is 2.30. The van der Waals surface area contributed by atoms with Gasteiger partial charge in [-0.05, 0) is 48.7 Å². The molecular weight excluding hydrogens is 258 g/mol.